The molecule has 0 saturated heterocycles. The average Bonchev–Trinajstić information content (AvgIpc) is 3.22. The fourth-order valence-corrected chi connectivity index (χ4v) is 3.92. The predicted octanol–water partition coefficient (Wildman–Crippen LogP) is 4.62. The summed E-state index contributed by atoms with van der Waals surface area (Å²) in [5.74, 6) is 0.935. The fraction of sp³-hybridized carbons (Fsp3) is 0.167. The minimum Gasteiger partial charge on any atom is -0.325 e. The molecule has 4 aromatic rings. The number of nitrogens with one attached hydrogen (secondary N) is 1. The highest BCUT2D eigenvalue weighted by Gasteiger charge is 2.16. The van der Waals surface area contributed by atoms with Crippen LogP contribution in [0, 0.1) is 6.92 Å². The number of amides is 1. The van der Waals surface area contributed by atoms with Gasteiger partial charge < -0.3 is 9.88 Å². The van der Waals surface area contributed by atoms with Crippen molar-refractivity contribution >= 4 is 23.4 Å². The van der Waals surface area contributed by atoms with Crippen LogP contribution >= 0.6 is 11.8 Å². The summed E-state index contributed by atoms with van der Waals surface area (Å²) in [5.41, 5.74) is 4.08. The molecule has 0 fully saturated rings. The van der Waals surface area contributed by atoms with Gasteiger partial charge in [-0.1, -0.05) is 59.8 Å². The Balaban J connectivity index is 1.48. The molecule has 0 aliphatic carbocycles. The lowest BCUT2D eigenvalue weighted by atomic mass is 10.1. The van der Waals surface area contributed by atoms with E-state index < -0.39 is 0 Å². The molecule has 1 N–H and O–H groups in total. The molecule has 0 atom stereocenters. The van der Waals surface area contributed by atoms with E-state index in [1.807, 2.05) is 61.5 Å². The van der Waals surface area contributed by atoms with E-state index in [4.69, 9.17) is 0 Å². The molecular formula is C24H23N5OS. The molecule has 0 saturated carbocycles. The maximum atomic E-state index is 12.4. The minimum absolute atomic E-state index is 0.0746. The summed E-state index contributed by atoms with van der Waals surface area (Å²) in [7, 11) is 0. The quantitative estimate of drug-likeness (QED) is 0.414. The van der Waals surface area contributed by atoms with Gasteiger partial charge in [0.1, 0.15) is 0 Å². The summed E-state index contributed by atoms with van der Waals surface area (Å²) >= 11 is 1.39. The van der Waals surface area contributed by atoms with E-state index in [-0.39, 0.29) is 11.7 Å². The number of anilines is 1. The Labute approximate surface area is 185 Å². The van der Waals surface area contributed by atoms with E-state index >= 15 is 0 Å². The third-order valence-electron chi connectivity index (χ3n) is 4.77. The Hall–Kier alpha value is -3.45. The second-order valence-electron chi connectivity index (χ2n) is 7.14. The number of aromatic nitrogens is 4. The van der Waals surface area contributed by atoms with Crippen molar-refractivity contribution in [3.63, 3.8) is 0 Å². The monoisotopic (exact) mass is 429 g/mol. The highest BCUT2D eigenvalue weighted by atomic mass is 32.2. The van der Waals surface area contributed by atoms with Crippen LogP contribution in [-0.2, 0) is 17.8 Å². The van der Waals surface area contributed by atoms with E-state index in [1.54, 1.807) is 12.4 Å². The molecule has 0 aliphatic rings. The van der Waals surface area contributed by atoms with Gasteiger partial charge in [-0.15, -0.1) is 10.2 Å². The molecule has 0 radical (unpaired) electrons. The van der Waals surface area contributed by atoms with Gasteiger partial charge in [0.2, 0.25) is 5.91 Å². The van der Waals surface area contributed by atoms with Crippen molar-refractivity contribution in [3.8, 4) is 11.4 Å². The summed E-state index contributed by atoms with van der Waals surface area (Å²) in [4.78, 5) is 16.6. The SMILES string of the molecule is Cc1ccc(NC(=O)CSc2nnc(-c3cccnc3)n2CCc2ccccc2)cc1. The predicted molar refractivity (Wildman–Crippen MR) is 124 cm³/mol. The minimum atomic E-state index is -0.0746. The normalized spacial score (nSPS) is 10.7. The van der Waals surface area contributed by atoms with Gasteiger partial charge in [-0.3, -0.25) is 9.78 Å². The Morgan fingerprint density at radius 2 is 1.81 bits per heavy atom. The summed E-state index contributed by atoms with van der Waals surface area (Å²) in [6.07, 6.45) is 4.36. The largest absolute Gasteiger partial charge is 0.325 e. The Bertz CT molecular complexity index is 1130. The number of rotatable bonds is 8. The van der Waals surface area contributed by atoms with Crippen molar-refractivity contribution in [1.82, 2.24) is 19.7 Å². The van der Waals surface area contributed by atoms with Gasteiger partial charge in [0, 0.05) is 30.2 Å². The standard InChI is InChI=1S/C24H23N5OS/c1-18-9-11-21(12-10-18)26-22(30)17-31-24-28-27-23(20-8-5-14-25-16-20)29(24)15-13-19-6-3-2-4-7-19/h2-12,14,16H,13,15,17H2,1H3,(H,26,30). The Morgan fingerprint density at radius 3 is 2.55 bits per heavy atom. The van der Waals surface area contributed by atoms with Crippen LogP contribution in [0.1, 0.15) is 11.1 Å². The molecule has 6 nitrogen and oxygen atoms in total. The number of carbonyl (C=O) groups is 1. The third-order valence-corrected chi connectivity index (χ3v) is 5.74. The molecule has 4 rings (SSSR count). The molecule has 2 aromatic carbocycles. The van der Waals surface area contributed by atoms with Crippen molar-refractivity contribution in [1.29, 1.82) is 0 Å². The molecular weight excluding hydrogens is 406 g/mol. The van der Waals surface area contributed by atoms with Crippen LogP contribution in [0.3, 0.4) is 0 Å². The Kier molecular flexibility index (Phi) is 6.74. The van der Waals surface area contributed by atoms with Crippen molar-refractivity contribution < 1.29 is 4.79 Å². The smallest absolute Gasteiger partial charge is 0.234 e. The number of aryl methyl sites for hydroxylation is 2. The van der Waals surface area contributed by atoms with Crippen LogP contribution < -0.4 is 5.32 Å². The van der Waals surface area contributed by atoms with Gasteiger partial charge in [-0.05, 0) is 43.2 Å². The van der Waals surface area contributed by atoms with Crippen LogP contribution in [0.4, 0.5) is 5.69 Å². The molecule has 0 spiro atoms. The van der Waals surface area contributed by atoms with Crippen LogP contribution in [-0.4, -0.2) is 31.4 Å². The van der Waals surface area contributed by atoms with E-state index in [9.17, 15) is 4.79 Å². The highest BCUT2D eigenvalue weighted by molar-refractivity contribution is 7.99. The zero-order chi connectivity index (χ0) is 21.5. The van der Waals surface area contributed by atoms with Crippen molar-refractivity contribution in [2.24, 2.45) is 0 Å². The second-order valence-corrected chi connectivity index (χ2v) is 8.08. The van der Waals surface area contributed by atoms with Gasteiger partial charge >= 0.3 is 0 Å². The lowest BCUT2D eigenvalue weighted by molar-refractivity contribution is -0.113. The zero-order valence-electron chi connectivity index (χ0n) is 17.2. The maximum absolute atomic E-state index is 12.4. The van der Waals surface area contributed by atoms with Gasteiger partial charge in [0.05, 0.1) is 5.75 Å². The molecule has 31 heavy (non-hydrogen) atoms. The Morgan fingerprint density at radius 1 is 1.00 bits per heavy atom. The summed E-state index contributed by atoms with van der Waals surface area (Å²) < 4.78 is 2.06. The molecule has 7 heteroatoms. The van der Waals surface area contributed by atoms with Gasteiger partial charge in [0.25, 0.3) is 0 Å². The van der Waals surface area contributed by atoms with E-state index in [1.165, 1.54) is 17.3 Å². The van der Waals surface area contributed by atoms with Crippen LogP contribution in [0.2, 0.25) is 0 Å². The van der Waals surface area contributed by atoms with Crippen molar-refractivity contribution in [2.75, 3.05) is 11.1 Å². The van der Waals surface area contributed by atoms with Gasteiger partial charge in [0.15, 0.2) is 11.0 Å². The number of carbonyl (C=O) groups excluding carboxylic acids is 1. The second kappa shape index (κ2) is 10.0. The number of hydrogen-bond donors (Lipinski definition) is 1. The molecule has 2 heterocycles. The first kappa shape index (κ1) is 20.8. The van der Waals surface area contributed by atoms with Crippen molar-refractivity contribution in [2.45, 2.75) is 25.0 Å². The number of benzene rings is 2. The first-order valence-electron chi connectivity index (χ1n) is 10.1. The number of pyridine rings is 1. The lowest BCUT2D eigenvalue weighted by Gasteiger charge is -2.10. The maximum Gasteiger partial charge on any atom is 0.234 e. The molecule has 0 unspecified atom stereocenters. The molecule has 1 amide bonds. The van der Waals surface area contributed by atoms with Crippen LogP contribution in [0.15, 0.2) is 84.3 Å². The van der Waals surface area contributed by atoms with E-state index in [0.29, 0.717) is 11.7 Å². The van der Waals surface area contributed by atoms with Crippen LogP contribution in [0.25, 0.3) is 11.4 Å². The summed E-state index contributed by atoms with van der Waals surface area (Å²) in [6, 6.07) is 21.9. The average molecular weight is 430 g/mol. The number of thioether (sulfide) groups is 1. The summed E-state index contributed by atoms with van der Waals surface area (Å²) in [5, 5.41) is 12.4. The number of nitrogens with zero attached hydrogens (tertiary/aromatic N) is 4. The number of hydrogen-bond acceptors (Lipinski definition) is 5. The fourth-order valence-electron chi connectivity index (χ4n) is 3.16. The van der Waals surface area contributed by atoms with Crippen LogP contribution in [0.5, 0.6) is 0 Å². The third kappa shape index (κ3) is 5.58. The molecule has 0 aliphatic heterocycles. The van der Waals surface area contributed by atoms with Crippen molar-refractivity contribution in [3.05, 3.63) is 90.3 Å². The van der Waals surface area contributed by atoms with E-state index in [2.05, 4.69) is 37.2 Å². The first-order valence-corrected chi connectivity index (χ1v) is 11.0. The first-order chi connectivity index (χ1) is 15.2. The molecule has 2 aromatic heterocycles. The lowest BCUT2D eigenvalue weighted by Crippen LogP contribution is -2.15. The summed E-state index contributed by atoms with van der Waals surface area (Å²) in [6.45, 7) is 2.73. The molecule has 0 bridgehead atoms. The van der Waals surface area contributed by atoms with E-state index in [0.717, 1.165) is 29.1 Å². The molecule has 156 valence electrons. The van der Waals surface area contributed by atoms with Gasteiger partial charge in [-0.25, -0.2) is 0 Å². The topological polar surface area (TPSA) is 72.7 Å². The highest BCUT2D eigenvalue weighted by Crippen LogP contribution is 2.24. The van der Waals surface area contributed by atoms with Gasteiger partial charge in [-0.2, -0.15) is 0 Å². The zero-order valence-corrected chi connectivity index (χ0v) is 18.0.